The monoisotopic (exact) mass is 444 g/mol. The largest absolute Gasteiger partial charge is 0.519 e. The molecule has 1 aliphatic rings. The molecule has 1 aliphatic heterocycles. The molecule has 1 aromatic carbocycles. The highest BCUT2D eigenvalue weighted by atomic mass is 16.6. The van der Waals surface area contributed by atoms with E-state index in [1.54, 1.807) is 19.9 Å². The zero-order valence-electron chi connectivity index (χ0n) is 17.7. The molecule has 0 saturated heterocycles. The molecule has 32 heavy (non-hydrogen) atoms. The second-order valence-electron chi connectivity index (χ2n) is 6.99. The van der Waals surface area contributed by atoms with Gasteiger partial charge in [0.05, 0.1) is 29.1 Å². The normalized spacial score (nSPS) is 15.9. The van der Waals surface area contributed by atoms with E-state index in [-0.39, 0.29) is 35.0 Å². The van der Waals surface area contributed by atoms with Crippen LogP contribution in [-0.2, 0) is 25.7 Å². The van der Waals surface area contributed by atoms with Gasteiger partial charge in [-0.15, -0.1) is 0 Å². The van der Waals surface area contributed by atoms with Crippen LogP contribution in [0.2, 0.25) is 0 Å². The number of dihydropyridines is 1. The molecule has 1 N–H and O–H groups in total. The van der Waals surface area contributed by atoms with E-state index in [0.717, 1.165) is 0 Å². The number of allylic oxidation sites excluding steroid dienone is 2. The molecule has 0 bridgehead atoms. The maximum Gasteiger partial charge on any atom is 0.519 e. The lowest BCUT2D eigenvalue weighted by Gasteiger charge is -2.30. The van der Waals surface area contributed by atoms with Crippen LogP contribution in [0.4, 0.5) is 5.69 Å². The van der Waals surface area contributed by atoms with E-state index in [4.69, 9.17) is 18.3 Å². The molecule has 1 unspecified atom stereocenters. The van der Waals surface area contributed by atoms with Crippen molar-refractivity contribution < 1.29 is 32.8 Å². The fourth-order valence-corrected chi connectivity index (χ4v) is 3.51. The average molecular weight is 444 g/mol. The summed E-state index contributed by atoms with van der Waals surface area (Å²) in [5, 5.41) is 14.2. The molecule has 0 aliphatic carbocycles. The van der Waals surface area contributed by atoms with Crippen LogP contribution in [0.1, 0.15) is 36.8 Å². The van der Waals surface area contributed by atoms with Gasteiger partial charge in [-0.05, 0) is 26.3 Å². The maximum atomic E-state index is 13.1. The summed E-state index contributed by atoms with van der Waals surface area (Å²) >= 11 is 0. The first-order valence-corrected chi connectivity index (χ1v) is 9.41. The number of nitrogens with zero attached hydrogens (tertiary/aromatic N) is 1. The van der Waals surface area contributed by atoms with Gasteiger partial charge in [0.1, 0.15) is 0 Å². The molecule has 0 amide bonds. The number of aryl methyl sites for hydroxylation is 1. The van der Waals surface area contributed by atoms with Gasteiger partial charge in [-0.1, -0.05) is 12.1 Å². The van der Waals surface area contributed by atoms with Crippen molar-refractivity contribution in [3.63, 3.8) is 0 Å². The second kappa shape index (κ2) is 8.92. The van der Waals surface area contributed by atoms with Crippen LogP contribution < -0.4 is 11.1 Å². The van der Waals surface area contributed by atoms with Crippen molar-refractivity contribution in [1.29, 1.82) is 0 Å². The van der Waals surface area contributed by atoms with E-state index in [0.29, 0.717) is 17.0 Å². The van der Waals surface area contributed by atoms with Gasteiger partial charge in [-0.25, -0.2) is 14.4 Å². The van der Waals surface area contributed by atoms with Crippen LogP contribution in [0.25, 0.3) is 0 Å². The Morgan fingerprint density at radius 2 is 1.78 bits per heavy atom. The zero-order chi connectivity index (χ0) is 23.6. The number of nitro benzene ring substituents is 1. The molecule has 1 aromatic heterocycles. The molecular formula is C21H20N2O9. The average Bonchev–Trinajstić information content (AvgIpc) is 3.07. The number of hydrogen-bond acceptors (Lipinski definition) is 10. The van der Waals surface area contributed by atoms with Crippen LogP contribution >= 0.6 is 0 Å². The molecule has 0 fully saturated rings. The fraction of sp³-hybridized carbons (Fsp3) is 0.286. The molecule has 11 nitrogen and oxygen atoms in total. The molecule has 2 heterocycles. The Kier molecular flexibility index (Phi) is 6.28. The number of rotatable bonds is 6. The quantitative estimate of drug-likeness (QED) is 0.400. The van der Waals surface area contributed by atoms with E-state index < -0.39 is 28.6 Å². The molecule has 0 spiro atoms. The molecule has 168 valence electrons. The third-order valence-corrected chi connectivity index (χ3v) is 4.97. The van der Waals surface area contributed by atoms with Gasteiger partial charge in [-0.3, -0.25) is 10.1 Å². The van der Waals surface area contributed by atoms with E-state index in [9.17, 15) is 24.5 Å². The number of carbonyl (C=O) groups excluding carboxylic acids is 2. The standard InChI is InChI=1S/C21H20N2O9/c1-10-16(19(24)29-4)18(13-6-5-7-14(8-13)23(27)28)17(11(2)22-10)20(25)30-9-15-12(3)31-21(26)32-15/h5-8,18,22H,9H2,1-4H3. The predicted octanol–water partition coefficient (Wildman–Crippen LogP) is 2.60. The Bertz CT molecular complexity index is 1220. The van der Waals surface area contributed by atoms with Gasteiger partial charge in [-0.2, -0.15) is 0 Å². The van der Waals surface area contributed by atoms with Crippen LogP contribution in [0.5, 0.6) is 0 Å². The number of benzene rings is 1. The van der Waals surface area contributed by atoms with E-state index in [2.05, 4.69) is 5.32 Å². The highest BCUT2D eigenvalue weighted by molar-refractivity contribution is 5.99. The van der Waals surface area contributed by atoms with E-state index in [1.807, 2.05) is 0 Å². The first-order chi connectivity index (χ1) is 15.1. The molecule has 0 radical (unpaired) electrons. The minimum atomic E-state index is -0.992. The van der Waals surface area contributed by atoms with Crippen LogP contribution in [0.15, 0.2) is 60.4 Å². The minimum Gasteiger partial charge on any atom is -0.466 e. The number of non-ortho nitro benzene ring substituents is 1. The van der Waals surface area contributed by atoms with E-state index >= 15 is 0 Å². The van der Waals surface area contributed by atoms with Crippen molar-refractivity contribution in [2.45, 2.75) is 33.3 Å². The SMILES string of the molecule is COC(=O)C1=C(C)NC(C)=C(C(=O)OCc2oc(=O)oc2C)C1c1cccc([N+](=O)[O-])c1. The van der Waals surface area contributed by atoms with Crippen LogP contribution in [-0.4, -0.2) is 24.0 Å². The van der Waals surface area contributed by atoms with Gasteiger partial charge < -0.3 is 23.6 Å². The molecule has 2 aromatic rings. The lowest BCUT2D eigenvalue weighted by molar-refractivity contribution is -0.384. The van der Waals surface area contributed by atoms with Crippen molar-refractivity contribution in [1.82, 2.24) is 5.32 Å². The number of nitro groups is 1. The van der Waals surface area contributed by atoms with Gasteiger partial charge in [0.25, 0.3) is 5.69 Å². The topological polar surface area (TPSA) is 151 Å². The summed E-state index contributed by atoms with van der Waals surface area (Å²) < 4.78 is 19.8. The Labute approximate surface area is 181 Å². The van der Waals surface area contributed by atoms with Crippen LogP contribution in [0, 0.1) is 17.0 Å². The third-order valence-electron chi connectivity index (χ3n) is 4.97. The number of carbonyl (C=O) groups is 2. The second-order valence-corrected chi connectivity index (χ2v) is 6.99. The fourth-order valence-electron chi connectivity index (χ4n) is 3.51. The van der Waals surface area contributed by atoms with Gasteiger partial charge in [0.2, 0.25) is 0 Å². The number of nitrogens with one attached hydrogen (secondary N) is 1. The summed E-state index contributed by atoms with van der Waals surface area (Å²) in [6.45, 7) is 4.34. The molecule has 3 rings (SSSR count). The summed E-state index contributed by atoms with van der Waals surface area (Å²) in [5.41, 5.74) is 1.11. The lowest BCUT2D eigenvalue weighted by Crippen LogP contribution is -2.32. The Hall–Kier alpha value is -4.15. The van der Waals surface area contributed by atoms with Crippen molar-refractivity contribution in [2.24, 2.45) is 0 Å². The predicted molar refractivity (Wildman–Crippen MR) is 108 cm³/mol. The summed E-state index contributed by atoms with van der Waals surface area (Å²) in [4.78, 5) is 47.6. The summed E-state index contributed by atoms with van der Waals surface area (Å²) in [5.74, 6) is -3.24. The maximum absolute atomic E-state index is 13.1. The lowest BCUT2D eigenvalue weighted by atomic mass is 9.80. The van der Waals surface area contributed by atoms with Crippen molar-refractivity contribution in [3.8, 4) is 0 Å². The smallest absolute Gasteiger partial charge is 0.466 e. The number of esters is 2. The van der Waals surface area contributed by atoms with Crippen LogP contribution in [0.3, 0.4) is 0 Å². The zero-order valence-corrected chi connectivity index (χ0v) is 17.7. The highest BCUT2D eigenvalue weighted by Gasteiger charge is 2.38. The Morgan fingerprint density at radius 3 is 2.34 bits per heavy atom. The van der Waals surface area contributed by atoms with Crippen molar-refractivity contribution >= 4 is 17.6 Å². The molecular weight excluding hydrogens is 424 g/mol. The van der Waals surface area contributed by atoms with Gasteiger partial charge in [0.15, 0.2) is 18.1 Å². The van der Waals surface area contributed by atoms with Gasteiger partial charge >= 0.3 is 17.8 Å². The molecule has 11 heteroatoms. The third kappa shape index (κ3) is 4.31. The summed E-state index contributed by atoms with van der Waals surface area (Å²) in [6, 6.07) is 5.61. The number of hydrogen-bond donors (Lipinski definition) is 1. The van der Waals surface area contributed by atoms with Gasteiger partial charge in [0, 0.05) is 23.5 Å². The Morgan fingerprint density at radius 1 is 1.12 bits per heavy atom. The minimum absolute atomic E-state index is 0.0391. The summed E-state index contributed by atoms with van der Waals surface area (Å²) in [7, 11) is 1.19. The molecule has 0 saturated carbocycles. The number of methoxy groups -OCH3 is 1. The Balaban J connectivity index is 2.06. The first kappa shape index (κ1) is 22.5. The highest BCUT2D eigenvalue weighted by Crippen LogP contribution is 2.40. The molecule has 1 atom stereocenters. The van der Waals surface area contributed by atoms with Crippen molar-refractivity contribution in [2.75, 3.05) is 7.11 Å². The van der Waals surface area contributed by atoms with E-state index in [1.165, 1.54) is 32.2 Å². The number of ether oxygens (including phenoxy) is 2. The first-order valence-electron chi connectivity index (χ1n) is 9.41. The van der Waals surface area contributed by atoms with Crippen molar-refractivity contribution in [3.05, 3.63) is 84.6 Å². The summed E-state index contributed by atoms with van der Waals surface area (Å²) in [6.07, 6.45) is 0.